The van der Waals surface area contributed by atoms with E-state index < -0.39 is 12.0 Å². The van der Waals surface area contributed by atoms with Crippen LogP contribution in [0.25, 0.3) is 0 Å². The highest BCUT2D eigenvalue weighted by molar-refractivity contribution is 6.03. The summed E-state index contributed by atoms with van der Waals surface area (Å²) in [4.78, 5) is 28.3. The van der Waals surface area contributed by atoms with Crippen molar-refractivity contribution in [3.63, 3.8) is 0 Å². The van der Waals surface area contributed by atoms with Gasteiger partial charge in [0.15, 0.2) is 5.78 Å². The van der Waals surface area contributed by atoms with Crippen LogP contribution in [0.2, 0.25) is 0 Å². The third-order valence-electron chi connectivity index (χ3n) is 5.15. The lowest BCUT2D eigenvalue weighted by molar-refractivity contribution is 0.0599. The predicted molar refractivity (Wildman–Crippen MR) is 113 cm³/mol. The highest BCUT2D eigenvalue weighted by Gasteiger charge is 2.27. The molecule has 0 radical (unpaired) electrons. The second-order valence-corrected chi connectivity index (χ2v) is 7.12. The molecule has 0 aliphatic rings. The number of aryl methyl sites for hydroxylation is 1. The van der Waals surface area contributed by atoms with Crippen molar-refractivity contribution in [3.8, 4) is 0 Å². The molecule has 0 amide bonds. The smallest absolute Gasteiger partial charge is 0.339 e. The molecule has 0 bridgehead atoms. The molecule has 0 saturated carbocycles. The topological polar surface area (TPSA) is 71.2 Å². The maximum absolute atomic E-state index is 13.2. The van der Waals surface area contributed by atoms with E-state index in [0.717, 1.165) is 11.1 Å². The first-order chi connectivity index (χ1) is 13.9. The maximum Gasteiger partial charge on any atom is 0.339 e. The van der Waals surface area contributed by atoms with E-state index in [2.05, 4.69) is 10.3 Å². The molecule has 2 N–H and O–H groups in total. The molecule has 0 spiro atoms. The number of benzene rings is 2. The first-order valence-corrected chi connectivity index (χ1v) is 9.61. The van der Waals surface area contributed by atoms with Gasteiger partial charge in [0.1, 0.15) is 0 Å². The summed E-state index contributed by atoms with van der Waals surface area (Å²) in [7, 11) is 1.34. The van der Waals surface area contributed by atoms with Crippen molar-refractivity contribution >= 4 is 11.8 Å². The van der Waals surface area contributed by atoms with Crippen LogP contribution >= 0.6 is 0 Å². The number of ketones is 1. The Kier molecular flexibility index (Phi) is 6.29. The molecule has 5 heteroatoms. The van der Waals surface area contributed by atoms with E-state index in [-0.39, 0.29) is 11.8 Å². The van der Waals surface area contributed by atoms with Gasteiger partial charge in [0.2, 0.25) is 0 Å². The average molecular weight is 390 g/mol. The second-order valence-electron chi connectivity index (χ2n) is 7.12. The zero-order chi connectivity index (χ0) is 21.0. The van der Waals surface area contributed by atoms with Crippen LogP contribution in [0.15, 0.2) is 60.7 Å². The normalized spacial score (nSPS) is 12.0. The van der Waals surface area contributed by atoms with Crippen molar-refractivity contribution in [2.45, 2.75) is 32.9 Å². The molecule has 0 fully saturated rings. The van der Waals surface area contributed by atoms with Gasteiger partial charge in [-0.15, -0.1) is 0 Å². The molecule has 150 valence electrons. The van der Waals surface area contributed by atoms with Gasteiger partial charge in [-0.2, -0.15) is 0 Å². The highest BCUT2D eigenvalue weighted by atomic mass is 16.5. The van der Waals surface area contributed by atoms with Crippen LogP contribution < -0.4 is 5.32 Å². The molecule has 3 rings (SSSR count). The summed E-state index contributed by atoms with van der Waals surface area (Å²) < 4.78 is 4.85. The summed E-state index contributed by atoms with van der Waals surface area (Å²) in [6.07, 6.45) is 0. The van der Waals surface area contributed by atoms with Crippen LogP contribution in [0.1, 0.15) is 56.2 Å². The average Bonchev–Trinajstić information content (AvgIpc) is 3.05. The fraction of sp³-hybridized carbons (Fsp3) is 0.250. The van der Waals surface area contributed by atoms with Crippen LogP contribution in [-0.2, 0) is 4.74 Å². The fourth-order valence-corrected chi connectivity index (χ4v) is 3.62. The monoisotopic (exact) mass is 390 g/mol. The molecule has 1 aromatic heterocycles. The van der Waals surface area contributed by atoms with E-state index in [1.165, 1.54) is 7.11 Å². The van der Waals surface area contributed by atoms with Crippen molar-refractivity contribution in [2.24, 2.45) is 0 Å². The van der Waals surface area contributed by atoms with Gasteiger partial charge < -0.3 is 9.72 Å². The number of H-pyrrole nitrogens is 1. The minimum absolute atomic E-state index is 0.0994. The maximum atomic E-state index is 13.2. The zero-order valence-corrected chi connectivity index (χ0v) is 17.2. The number of rotatable bonds is 7. The number of methoxy groups -OCH3 is 1. The number of aromatic amines is 1. The standard InChI is InChI=1S/C24H26N2O3/c1-15-20(24(28)29-4)16(2)25-21(15)23(27)17(3)26-22(18-11-7-5-8-12-18)19-13-9-6-10-14-19/h5-14,17,22,25-26H,1-4H3/t17-/m0/s1. The Morgan fingerprint density at radius 1 is 0.931 bits per heavy atom. The van der Waals surface area contributed by atoms with Gasteiger partial charge in [-0.3, -0.25) is 10.1 Å². The van der Waals surface area contributed by atoms with Crippen LogP contribution in [-0.4, -0.2) is 29.9 Å². The Labute approximate surface area is 171 Å². The van der Waals surface area contributed by atoms with Crippen molar-refractivity contribution in [2.75, 3.05) is 7.11 Å². The van der Waals surface area contributed by atoms with Gasteiger partial charge in [-0.1, -0.05) is 60.7 Å². The summed E-state index contributed by atoms with van der Waals surface area (Å²) in [5, 5.41) is 3.46. The third-order valence-corrected chi connectivity index (χ3v) is 5.15. The van der Waals surface area contributed by atoms with Crippen LogP contribution in [0, 0.1) is 13.8 Å². The summed E-state index contributed by atoms with van der Waals surface area (Å²) in [5.41, 5.74) is 4.26. The molecule has 2 aromatic carbocycles. The quantitative estimate of drug-likeness (QED) is 0.464. The Morgan fingerprint density at radius 2 is 1.45 bits per heavy atom. The molecule has 0 saturated heterocycles. The number of ether oxygens (including phenoxy) is 1. The van der Waals surface area contributed by atoms with E-state index in [1.54, 1.807) is 13.8 Å². The van der Waals surface area contributed by atoms with E-state index in [1.807, 2.05) is 67.6 Å². The zero-order valence-electron chi connectivity index (χ0n) is 17.2. The molecular formula is C24H26N2O3. The number of carbonyl (C=O) groups excluding carboxylic acids is 2. The summed E-state index contributed by atoms with van der Waals surface area (Å²) in [6, 6.07) is 19.5. The second kappa shape index (κ2) is 8.88. The number of hydrogen-bond acceptors (Lipinski definition) is 4. The highest BCUT2D eigenvalue weighted by Crippen LogP contribution is 2.24. The van der Waals surface area contributed by atoms with E-state index >= 15 is 0 Å². The Balaban J connectivity index is 1.90. The van der Waals surface area contributed by atoms with Crippen molar-refractivity contribution in [3.05, 3.63) is 94.3 Å². The van der Waals surface area contributed by atoms with E-state index in [0.29, 0.717) is 22.5 Å². The molecule has 3 aromatic rings. The number of nitrogens with one attached hydrogen (secondary N) is 2. The van der Waals surface area contributed by atoms with Crippen LogP contribution in [0.4, 0.5) is 0 Å². The number of carbonyl (C=O) groups is 2. The van der Waals surface area contributed by atoms with Gasteiger partial charge in [0, 0.05) is 5.69 Å². The lowest BCUT2D eigenvalue weighted by Gasteiger charge is -2.24. The molecule has 1 heterocycles. The molecule has 0 unspecified atom stereocenters. The lowest BCUT2D eigenvalue weighted by atomic mass is 9.96. The Bertz CT molecular complexity index is 954. The number of esters is 1. The van der Waals surface area contributed by atoms with E-state index in [4.69, 9.17) is 4.74 Å². The van der Waals surface area contributed by atoms with Gasteiger partial charge in [0.25, 0.3) is 0 Å². The van der Waals surface area contributed by atoms with Gasteiger partial charge >= 0.3 is 5.97 Å². The van der Waals surface area contributed by atoms with Crippen LogP contribution in [0.3, 0.4) is 0 Å². The van der Waals surface area contributed by atoms with Crippen LogP contribution in [0.5, 0.6) is 0 Å². The van der Waals surface area contributed by atoms with Crippen molar-refractivity contribution < 1.29 is 14.3 Å². The van der Waals surface area contributed by atoms with E-state index in [9.17, 15) is 9.59 Å². The molecule has 29 heavy (non-hydrogen) atoms. The summed E-state index contributed by atoms with van der Waals surface area (Å²) in [6.45, 7) is 5.38. The lowest BCUT2D eigenvalue weighted by Crippen LogP contribution is -2.37. The third kappa shape index (κ3) is 4.30. The summed E-state index contributed by atoms with van der Waals surface area (Å²) >= 11 is 0. The minimum Gasteiger partial charge on any atom is -0.465 e. The Morgan fingerprint density at radius 3 is 1.93 bits per heavy atom. The molecule has 5 nitrogen and oxygen atoms in total. The molecule has 0 aliphatic carbocycles. The van der Waals surface area contributed by atoms with Crippen molar-refractivity contribution in [1.29, 1.82) is 0 Å². The number of Topliss-reactive ketones (excluding diaryl/α,β-unsaturated/α-hetero) is 1. The molecule has 1 atom stereocenters. The fourth-order valence-electron chi connectivity index (χ4n) is 3.62. The minimum atomic E-state index is -0.470. The Hall–Kier alpha value is -3.18. The predicted octanol–water partition coefficient (Wildman–Crippen LogP) is 4.37. The largest absolute Gasteiger partial charge is 0.465 e. The number of aromatic nitrogens is 1. The van der Waals surface area contributed by atoms with Gasteiger partial charge in [-0.25, -0.2) is 4.79 Å². The summed E-state index contributed by atoms with van der Waals surface area (Å²) in [5.74, 6) is -0.542. The first kappa shape index (κ1) is 20.6. The first-order valence-electron chi connectivity index (χ1n) is 9.61. The van der Waals surface area contributed by atoms with Gasteiger partial charge in [0.05, 0.1) is 30.5 Å². The SMILES string of the molecule is COC(=O)c1c(C)[nH]c(C(=O)[C@H](C)NC(c2ccccc2)c2ccccc2)c1C. The van der Waals surface area contributed by atoms with Gasteiger partial charge in [-0.05, 0) is 37.5 Å². The van der Waals surface area contributed by atoms with Crippen molar-refractivity contribution in [1.82, 2.24) is 10.3 Å². The molecular weight excluding hydrogens is 364 g/mol. The number of hydrogen-bond donors (Lipinski definition) is 2. The molecule has 0 aliphatic heterocycles.